The third-order valence-electron chi connectivity index (χ3n) is 2.40. The first-order valence-corrected chi connectivity index (χ1v) is 5.63. The zero-order chi connectivity index (χ0) is 13.7. The lowest BCUT2D eigenvalue weighted by Gasteiger charge is -2.20. The van der Waals surface area contributed by atoms with Gasteiger partial charge in [0.2, 0.25) is 0 Å². The average molecular weight is 264 g/mol. The fourth-order valence-electron chi connectivity index (χ4n) is 1.89. The van der Waals surface area contributed by atoms with Gasteiger partial charge in [-0.15, -0.1) is 0 Å². The topological polar surface area (TPSA) is 0 Å². The van der Waals surface area contributed by atoms with Crippen LogP contribution in [0, 0.1) is 11.8 Å². The predicted molar refractivity (Wildman–Crippen MR) is 53.5 cm³/mol. The molecule has 0 aliphatic rings. The molecule has 0 fully saturated rings. The highest BCUT2D eigenvalue weighted by Crippen LogP contribution is 2.33. The molecule has 0 aromatic rings. The van der Waals surface area contributed by atoms with Gasteiger partial charge in [-0.2, -0.15) is 26.3 Å². The van der Waals surface area contributed by atoms with Gasteiger partial charge in [-0.1, -0.05) is 13.8 Å². The molecule has 1 unspecified atom stereocenters. The lowest BCUT2D eigenvalue weighted by molar-refractivity contribution is -0.148. The fourth-order valence-corrected chi connectivity index (χ4v) is 1.89. The van der Waals surface area contributed by atoms with Gasteiger partial charge in [0.05, 0.1) is 0 Å². The molecular formula is C11H18F6. The molecule has 0 N–H and O–H groups in total. The lowest BCUT2D eigenvalue weighted by Crippen LogP contribution is -2.17. The van der Waals surface area contributed by atoms with Crippen LogP contribution in [-0.2, 0) is 0 Å². The van der Waals surface area contributed by atoms with Crippen LogP contribution in [0.1, 0.15) is 46.0 Å². The van der Waals surface area contributed by atoms with Gasteiger partial charge in [-0.25, -0.2) is 0 Å². The van der Waals surface area contributed by atoms with Crippen LogP contribution in [0.3, 0.4) is 0 Å². The van der Waals surface area contributed by atoms with Crippen molar-refractivity contribution in [3.63, 3.8) is 0 Å². The van der Waals surface area contributed by atoms with Crippen molar-refractivity contribution in [2.45, 2.75) is 58.3 Å². The summed E-state index contributed by atoms with van der Waals surface area (Å²) in [4.78, 5) is 0. The molecule has 0 heterocycles. The van der Waals surface area contributed by atoms with E-state index in [9.17, 15) is 26.3 Å². The summed E-state index contributed by atoms with van der Waals surface area (Å²) in [5.41, 5.74) is 0. The van der Waals surface area contributed by atoms with Crippen molar-refractivity contribution in [2.24, 2.45) is 11.8 Å². The molecule has 0 saturated heterocycles. The summed E-state index contributed by atoms with van der Waals surface area (Å²) in [7, 11) is 0. The van der Waals surface area contributed by atoms with E-state index in [0.29, 0.717) is 6.42 Å². The van der Waals surface area contributed by atoms with E-state index in [0.717, 1.165) is 0 Å². The molecule has 0 aromatic carbocycles. The number of halogens is 6. The van der Waals surface area contributed by atoms with E-state index in [1.165, 1.54) is 0 Å². The van der Waals surface area contributed by atoms with E-state index in [1.807, 2.05) is 0 Å². The lowest BCUT2D eigenvalue weighted by atomic mass is 9.89. The molecule has 0 radical (unpaired) electrons. The molecule has 0 nitrogen and oxygen atoms in total. The molecule has 104 valence electrons. The molecule has 0 saturated carbocycles. The number of alkyl halides is 6. The Hall–Kier alpha value is -0.420. The summed E-state index contributed by atoms with van der Waals surface area (Å²) in [5, 5.41) is 0. The van der Waals surface area contributed by atoms with Gasteiger partial charge in [0.15, 0.2) is 0 Å². The Balaban J connectivity index is 4.11. The van der Waals surface area contributed by atoms with Crippen molar-refractivity contribution in [1.29, 1.82) is 0 Å². The third kappa shape index (κ3) is 11.8. The molecule has 0 aromatic heterocycles. The zero-order valence-corrected chi connectivity index (χ0v) is 9.96. The van der Waals surface area contributed by atoms with E-state index >= 15 is 0 Å². The second-order valence-electron chi connectivity index (χ2n) is 4.82. The Bertz CT molecular complexity index is 203. The highest BCUT2D eigenvalue weighted by molar-refractivity contribution is 4.67. The minimum atomic E-state index is -4.29. The zero-order valence-electron chi connectivity index (χ0n) is 9.96. The summed E-state index contributed by atoms with van der Waals surface area (Å²) in [5.74, 6) is -0.634. The van der Waals surface area contributed by atoms with Crippen LogP contribution in [-0.4, -0.2) is 12.4 Å². The van der Waals surface area contributed by atoms with Gasteiger partial charge in [0.25, 0.3) is 0 Å². The van der Waals surface area contributed by atoms with Crippen LogP contribution in [0.5, 0.6) is 0 Å². The smallest absolute Gasteiger partial charge is 0.171 e. The van der Waals surface area contributed by atoms with Crippen LogP contribution in [0.25, 0.3) is 0 Å². The number of hydrogen-bond acceptors (Lipinski definition) is 0. The normalized spacial score (nSPS) is 15.4. The van der Waals surface area contributed by atoms with E-state index in [-0.39, 0.29) is 18.8 Å². The first kappa shape index (κ1) is 16.6. The maximum Gasteiger partial charge on any atom is 0.389 e. The molecule has 0 bridgehead atoms. The monoisotopic (exact) mass is 264 g/mol. The Labute approximate surface area is 97.4 Å². The van der Waals surface area contributed by atoms with Gasteiger partial charge in [-0.05, 0) is 31.1 Å². The maximum absolute atomic E-state index is 12.2. The summed E-state index contributed by atoms with van der Waals surface area (Å²) in [6.45, 7) is 3.54. The van der Waals surface area contributed by atoms with Crippen molar-refractivity contribution >= 4 is 0 Å². The van der Waals surface area contributed by atoms with Gasteiger partial charge < -0.3 is 0 Å². The SMILES string of the molecule is CC(C)CC(CCCC(F)(F)F)CC(F)(F)F. The molecule has 0 aliphatic carbocycles. The Morgan fingerprint density at radius 1 is 0.882 bits per heavy atom. The third-order valence-corrected chi connectivity index (χ3v) is 2.40. The van der Waals surface area contributed by atoms with Crippen molar-refractivity contribution in [1.82, 2.24) is 0 Å². The predicted octanol–water partition coefficient (Wildman–Crippen LogP) is 5.33. The van der Waals surface area contributed by atoms with Crippen LogP contribution in [0.2, 0.25) is 0 Å². The molecular weight excluding hydrogens is 246 g/mol. The van der Waals surface area contributed by atoms with Crippen molar-refractivity contribution in [3.05, 3.63) is 0 Å². The second-order valence-corrected chi connectivity index (χ2v) is 4.82. The maximum atomic E-state index is 12.2. The molecule has 0 amide bonds. The number of hydrogen-bond donors (Lipinski definition) is 0. The van der Waals surface area contributed by atoms with Crippen LogP contribution >= 0.6 is 0 Å². The van der Waals surface area contributed by atoms with E-state index in [1.54, 1.807) is 13.8 Å². The molecule has 1 atom stereocenters. The molecule has 0 aliphatic heterocycles. The van der Waals surface area contributed by atoms with E-state index in [4.69, 9.17) is 0 Å². The largest absolute Gasteiger partial charge is 0.389 e. The highest BCUT2D eigenvalue weighted by atomic mass is 19.4. The summed E-state index contributed by atoms with van der Waals surface area (Å²) >= 11 is 0. The average Bonchev–Trinajstić information content (AvgIpc) is 1.95. The van der Waals surface area contributed by atoms with E-state index in [2.05, 4.69) is 0 Å². The van der Waals surface area contributed by atoms with Gasteiger partial charge in [0, 0.05) is 12.8 Å². The Morgan fingerprint density at radius 2 is 1.41 bits per heavy atom. The van der Waals surface area contributed by atoms with Crippen molar-refractivity contribution in [3.8, 4) is 0 Å². The first-order valence-electron chi connectivity index (χ1n) is 5.63. The van der Waals surface area contributed by atoms with E-state index < -0.39 is 31.1 Å². The van der Waals surface area contributed by atoms with Crippen LogP contribution < -0.4 is 0 Å². The molecule has 0 rings (SSSR count). The fraction of sp³-hybridized carbons (Fsp3) is 1.00. The van der Waals surface area contributed by atoms with Crippen LogP contribution in [0.15, 0.2) is 0 Å². The summed E-state index contributed by atoms with van der Waals surface area (Å²) in [6.07, 6.45) is -10.5. The number of rotatable bonds is 6. The second kappa shape index (κ2) is 6.50. The van der Waals surface area contributed by atoms with Crippen molar-refractivity contribution in [2.75, 3.05) is 0 Å². The Kier molecular flexibility index (Phi) is 6.34. The molecule has 6 heteroatoms. The van der Waals surface area contributed by atoms with Gasteiger partial charge in [0.1, 0.15) is 0 Å². The Morgan fingerprint density at radius 3 is 1.76 bits per heavy atom. The highest BCUT2D eigenvalue weighted by Gasteiger charge is 2.33. The standard InChI is InChI=1S/C11H18F6/c1-8(2)6-9(7-11(15,16)17)4-3-5-10(12,13)14/h8-9H,3-7H2,1-2H3. The minimum absolute atomic E-state index is 0.0167. The van der Waals surface area contributed by atoms with Gasteiger partial charge in [-0.3, -0.25) is 0 Å². The van der Waals surface area contributed by atoms with Crippen LogP contribution in [0.4, 0.5) is 26.3 Å². The first-order chi connectivity index (χ1) is 7.49. The van der Waals surface area contributed by atoms with Gasteiger partial charge >= 0.3 is 12.4 Å². The molecule has 17 heavy (non-hydrogen) atoms. The summed E-state index contributed by atoms with van der Waals surface area (Å²) in [6, 6.07) is 0. The molecule has 0 spiro atoms. The minimum Gasteiger partial charge on any atom is -0.171 e. The quantitative estimate of drug-likeness (QED) is 0.568. The summed E-state index contributed by atoms with van der Waals surface area (Å²) < 4.78 is 72.2. The van der Waals surface area contributed by atoms with Crippen molar-refractivity contribution < 1.29 is 26.3 Å².